The highest BCUT2D eigenvalue weighted by Gasteiger charge is 2.44. The van der Waals surface area contributed by atoms with Crippen LogP contribution in [-0.2, 0) is 25.5 Å². The van der Waals surface area contributed by atoms with Crippen molar-refractivity contribution in [3.63, 3.8) is 0 Å². The molecule has 0 radical (unpaired) electrons. The van der Waals surface area contributed by atoms with E-state index in [4.69, 9.17) is 4.74 Å². The number of anilines is 1. The third kappa shape index (κ3) is 4.00. The lowest BCUT2D eigenvalue weighted by Crippen LogP contribution is -2.58. The summed E-state index contributed by atoms with van der Waals surface area (Å²) in [6.45, 7) is 2.71. The molecule has 1 aromatic rings. The average Bonchev–Trinajstić information content (AvgIpc) is 3.11. The Balaban J connectivity index is 1.92. The number of fused-ring (bicyclic) bond motifs is 1. The van der Waals surface area contributed by atoms with Crippen LogP contribution < -0.4 is 15.5 Å². The molecule has 0 bridgehead atoms. The molecule has 2 aliphatic rings. The summed E-state index contributed by atoms with van der Waals surface area (Å²) in [4.78, 5) is 43.3. The molecule has 28 heavy (non-hydrogen) atoms. The van der Waals surface area contributed by atoms with E-state index >= 15 is 0 Å². The molecule has 9 nitrogen and oxygen atoms in total. The molecule has 1 aromatic heterocycles. The number of nitrogens with one attached hydrogen (secondary N) is 2. The highest BCUT2D eigenvalue weighted by molar-refractivity contribution is 6.05. The molecule has 0 aliphatic carbocycles. The molecule has 3 rings (SSSR count). The fourth-order valence-corrected chi connectivity index (χ4v) is 3.70. The Morgan fingerprint density at radius 2 is 2.04 bits per heavy atom. The van der Waals surface area contributed by atoms with Gasteiger partial charge in [0.05, 0.1) is 6.04 Å². The van der Waals surface area contributed by atoms with Gasteiger partial charge < -0.3 is 20.5 Å². The molecule has 0 aromatic carbocycles. The van der Waals surface area contributed by atoms with E-state index in [0.29, 0.717) is 37.4 Å². The van der Waals surface area contributed by atoms with Crippen molar-refractivity contribution >= 4 is 23.6 Å². The summed E-state index contributed by atoms with van der Waals surface area (Å²) >= 11 is 0. The molecule has 3 heterocycles. The van der Waals surface area contributed by atoms with Crippen LogP contribution in [0.15, 0.2) is 18.3 Å². The lowest BCUT2D eigenvalue weighted by molar-refractivity contribution is -0.140. The summed E-state index contributed by atoms with van der Waals surface area (Å²) in [7, 11) is 1.66. The number of hydrogen-bond acceptors (Lipinski definition) is 6. The molecule has 3 N–H and O–H groups in total. The maximum Gasteiger partial charge on any atom is 0.327 e. The minimum atomic E-state index is -1.09. The molecule has 0 spiro atoms. The van der Waals surface area contributed by atoms with Gasteiger partial charge in [-0.25, -0.2) is 9.78 Å². The molecule has 1 saturated heterocycles. The fourth-order valence-electron chi connectivity index (χ4n) is 3.70. The fraction of sp³-hybridized carbons (Fsp3) is 0.579. The number of carboxylic acid groups (broad SMARTS) is 1. The Morgan fingerprint density at radius 1 is 1.32 bits per heavy atom. The van der Waals surface area contributed by atoms with Crippen molar-refractivity contribution in [3.05, 3.63) is 23.9 Å². The van der Waals surface area contributed by atoms with Gasteiger partial charge >= 0.3 is 5.97 Å². The lowest BCUT2D eigenvalue weighted by atomic mass is 9.90. The number of nitrogens with zero attached hydrogens (tertiary/aromatic N) is 2. The van der Waals surface area contributed by atoms with Crippen molar-refractivity contribution in [2.24, 2.45) is 5.92 Å². The van der Waals surface area contributed by atoms with E-state index in [0.717, 1.165) is 0 Å². The van der Waals surface area contributed by atoms with Crippen LogP contribution >= 0.6 is 0 Å². The first-order chi connectivity index (χ1) is 13.4. The summed E-state index contributed by atoms with van der Waals surface area (Å²) in [6, 6.07) is 1.16. The molecule has 152 valence electrons. The van der Waals surface area contributed by atoms with Gasteiger partial charge in [0.15, 0.2) is 0 Å². The van der Waals surface area contributed by atoms with E-state index in [-0.39, 0.29) is 18.2 Å². The van der Waals surface area contributed by atoms with Crippen LogP contribution in [0.2, 0.25) is 0 Å². The highest BCUT2D eigenvalue weighted by atomic mass is 16.5. The number of likely N-dealkylation sites (N-methyl/N-ethyl adjacent to an activating group) is 1. The zero-order valence-corrected chi connectivity index (χ0v) is 16.1. The second-order valence-electron chi connectivity index (χ2n) is 7.20. The molecular formula is C19H26N4O5. The van der Waals surface area contributed by atoms with Crippen molar-refractivity contribution in [2.45, 2.75) is 44.3 Å². The molecule has 2 aliphatic heterocycles. The summed E-state index contributed by atoms with van der Waals surface area (Å²) in [5, 5.41) is 15.4. The maximum absolute atomic E-state index is 13.5. The van der Waals surface area contributed by atoms with Gasteiger partial charge in [0.1, 0.15) is 17.9 Å². The predicted octanol–water partition coefficient (Wildman–Crippen LogP) is -0.0568. The first kappa shape index (κ1) is 20.2. The van der Waals surface area contributed by atoms with E-state index in [1.54, 1.807) is 26.1 Å². The van der Waals surface area contributed by atoms with Gasteiger partial charge in [-0.05, 0) is 44.4 Å². The molecule has 0 unspecified atom stereocenters. The van der Waals surface area contributed by atoms with E-state index < -0.39 is 30.0 Å². The molecule has 9 heteroatoms. The second-order valence-corrected chi connectivity index (χ2v) is 7.20. The van der Waals surface area contributed by atoms with Gasteiger partial charge in [-0.15, -0.1) is 0 Å². The molecular weight excluding hydrogens is 364 g/mol. The third-order valence-corrected chi connectivity index (χ3v) is 5.47. The van der Waals surface area contributed by atoms with Gasteiger partial charge in [-0.3, -0.25) is 14.5 Å². The van der Waals surface area contributed by atoms with Gasteiger partial charge in [0.2, 0.25) is 5.91 Å². The summed E-state index contributed by atoms with van der Waals surface area (Å²) in [5.74, 6) is -1.61. The van der Waals surface area contributed by atoms with Crippen molar-refractivity contribution in [2.75, 3.05) is 25.2 Å². The van der Waals surface area contributed by atoms with Gasteiger partial charge in [-0.1, -0.05) is 6.07 Å². The molecule has 3 atom stereocenters. The monoisotopic (exact) mass is 390 g/mol. The average molecular weight is 390 g/mol. The predicted molar refractivity (Wildman–Crippen MR) is 101 cm³/mol. The minimum absolute atomic E-state index is 0.128. The Kier molecular flexibility index (Phi) is 6.25. The van der Waals surface area contributed by atoms with Crippen LogP contribution in [-0.4, -0.2) is 66.3 Å². The van der Waals surface area contributed by atoms with E-state index in [2.05, 4.69) is 15.6 Å². The number of ether oxygens (including phenoxy) is 1. The Morgan fingerprint density at radius 3 is 2.68 bits per heavy atom. The Bertz CT molecular complexity index is 750. The number of amides is 2. The van der Waals surface area contributed by atoms with Crippen LogP contribution in [0.5, 0.6) is 0 Å². The van der Waals surface area contributed by atoms with Gasteiger partial charge in [0.25, 0.3) is 5.91 Å². The zero-order valence-electron chi connectivity index (χ0n) is 16.1. The second kappa shape index (κ2) is 8.66. The standard InChI is InChI=1S/C19H26N4O5/c1-11(20-2)17(24)22-15(12-5-8-28-9-6-12)18(25)23-14(19(26)27)10-13-4-3-7-21-16(13)23/h3-4,7,11-12,14-15,20H,5-6,8-10H2,1-2H3,(H,22,24)(H,26,27)/t11-,14-,15-/m0/s1. The summed E-state index contributed by atoms with van der Waals surface area (Å²) in [5.41, 5.74) is 0.712. The largest absolute Gasteiger partial charge is 0.480 e. The number of carbonyl (C=O) groups excluding carboxylic acids is 2. The number of pyridine rings is 1. The van der Waals surface area contributed by atoms with Crippen LogP contribution in [0.3, 0.4) is 0 Å². The number of aliphatic carboxylic acids is 1. The van der Waals surface area contributed by atoms with Crippen molar-refractivity contribution in [3.8, 4) is 0 Å². The van der Waals surface area contributed by atoms with E-state index in [9.17, 15) is 19.5 Å². The summed E-state index contributed by atoms with van der Waals surface area (Å²) < 4.78 is 5.39. The number of carboxylic acids is 1. The Hall–Kier alpha value is -2.52. The zero-order chi connectivity index (χ0) is 20.3. The molecule has 2 amide bonds. The number of hydrogen-bond donors (Lipinski definition) is 3. The van der Waals surface area contributed by atoms with Crippen molar-refractivity contribution in [1.29, 1.82) is 0 Å². The van der Waals surface area contributed by atoms with E-state index in [1.165, 1.54) is 11.1 Å². The van der Waals surface area contributed by atoms with Crippen LogP contribution in [0, 0.1) is 5.92 Å². The van der Waals surface area contributed by atoms with Crippen molar-refractivity contribution in [1.82, 2.24) is 15.6 Å². The van der Waals surface area contributed by atoms with Crippen molar-refractivity contribution < 1.29 is 24.2 Å². The highest BCUT2D eigenvalue weighted by Crippen LogP contribution is 2.32. The number of carbonyl (C=O) groups is 3. The first-order valence-electron chi connectivity index (χ1n) is 9.49. The van der Waals surface area contributed by atoms with Gasteiger partial charge in [-0.2, -0.15) is 0 Å². The minimum Gasteiger partial charge on any atom is -0.480 e. The SMILES string of the molecule is CN[C@@H](C)C(=O)N[C@H](C(=O)N1c2ncccc2C[C@H]1C(=O)O)C1CCOCC1. The smallest absolute Gasteiger partial charge is 0.327 e. The lowest BCUT2D eigenvalue weighted by Gasteiger charge is -2.34. The van der Waals surface area contributed by atoms with Crippen LogP contribution in [0.1, 0.15) is 25.3 Å². The Labute approximate surface area is 163 Å². The van der Waals surface area contributed by atoms with Gasteiger partial charge in [0, 0.05) is 25.8 Å². The van der Waals surface area contributed by atoms with Crippen LogP contribution in [0.4, 0.5) is 5.82 Å². The number of aromatic nitrogens is 1. The normalized spacial score (nSPS) is 21.6. The molecule has 1 fully saturated rings. The molecule has 0 saturated carbocycles. The third-order valence-electron chi connectivity index (χ3n) is 5.47. The van der Waals surface area contributed by atoms with Crippen LogP contribution in [0.25, 0.3) is 0 Å². The first-order valence-corrected chi connectivity index (χ1v) is 9.49. The number of rotatable bonds is 6. The maximum atomic E-state index is 13.5. The quantitative estimate of drug-likeness (QED) is 0.622. The topological polar surface area (TPSA) is 121 Å². The van der Waals surface area contributed by atoms with E-state index in [1.807, 2.05) is 0 Å². The summed E-state index contributed by atoms with van der Waals surface area (Å²) in [6.07, 6.45) is 2.97.